The summed E-state index contributed by atoms with van der Waals surface area (Å²) >= 11 is 0. The number of rotatable bonds is 7. The fourth-order valence-electron chi connectivity index (χ4n) is 4.86. The quantitative estimate of drug-likeness (QED) is 0.450. The van der Waals surface area contributed by atoms with Gasteiger partial charge in [-0.25, -0.2) is 19.6 Å². The average molecular weight is 484 g/mol. The molecule has 1 atom stereocenters. The molecule has 1 aromatic carbocycles. The number of likely N-dealkylation sites (N-methyl/N-ethyl adjacent to an activating group) is 1. The number of benzene rings is 1. The van der Waals surface area contributed by atoms with Crippen LogP contribution in [0.15, 0.2) is 42.7 Å². The van der Waals surface area contributed by atoms with Gasteiger partial charge in [0.2, 0.25) is 11.9 Å². The van der Waals surface area contributed by atoms with Gasteiger partial charge in [-0.15, -0.1) is 0 Å². The molecule has 1 saturated heterocycles. The van der Waals surface area contributed by atoms with E-state index in [9.17, 15) is 4.79 Å². The third-order valence-corrected chi connectivity index (χ3v) is 6.82. The second-order valence-electron chi connectivity index (χ2n) is 8.76. The molecule has 1 unspecified atom stereocenters. The first kappa shape index (κ1) is 26.1. The Balaban J connectivity index is 0.000000509. The highest BCUT2D eigenvalue weighted by Crippen LogP contribution is 2.46. The predicted octanol–water partition coefficient (Wildman–Crippen LogP) is 2.25. The lowest BCUT2D eigenvalue weighted by Crippen LogP contribution is -2.47. The molecular formula is C25H33N5O5. The molecule has 0 bridgehead atoms. The SMILES string of the molecule is CCC1(CCCCN2CCN(c3ncccn3)CC2)C(=O)N(C)c2ccccc21.O=C(O)C(=O)O. The first-order chi connectivity index (χ1) is 16.8. The van der Waals surface area contributed by atoms with Crippen molar-refractivity contribution in [3.05, 3.63) is 48.3 Å². The molecule has 2 aromatic rings. The van der Waals surface area contributed by atoms with Gasteiger partial charge in [0.1, 0.15) is 0 Å². The van der Waals surface area contributed by atoms with Crippen molar-refractivity contribution in [2.75, 3.05) is 49.6 Å². The standard InChI is InChI=1S/C23H31N5O.C2H2O4/c1-3-23(19-9-4-5-10-20(19)26(2)21(23)29)11-6-7-14-27-15-17-28(18-16-27)22-24-12-8-13-25-22;3-1(4)2(5)6/h4-5,8-10,12-13H,3,6-7,11,14-18H2,1-2H3;(H,3,4)(H,5,6). The van der Waals surface area contributed by atoms with Crippen LogP contribution in [-0.4, -0.2) is 82.7 Å². The normalized spacial score (nSPS) is 19.7. The van der Waals surface area contributed by atoms with Gasteiger partial charge in [0.25, 0.3) is 0 Å². The summed E-state index contributed by atoms with van der Waals surface area (Å²) in [7, 11) is 1.91. The summed E-state index contributed by atoms with van der Waals surface area (Å²) in [6, 6.07) is 10.2. The number of unbranched alkanes of at least 4 members (excludes halogenated alkanes) is 1. The van der Waals surface area contributed by atoms with Crippen LogP contribution >= 0.6 is 0 Å². The number of piperazine rings is 1. The van der Waals surface area contributed by atoms with E-state index in [0.717, 1.165) is 70.0 Å². The van der Waals surface area contributed by atoms with E-state index in [-0.39, 0.29) is 11.3 Å². The predicted molar refractivity (Wildman–Crippen MR) is 132 cm³/mol. The van der Waals surface area contributed by atoms with Crippen molar-refractivity contribution in [2.24, 2.45) is 0 Å². The fourth-order valence-corrected chi connectivity index (χ4v) is 4.86. The smallest absolute Gasteiger partial charge is 0.414 e. The second kappa shape index (κ2) is 11.7. The van der Waals surface area contributed by atoms with Crippen molar-refractivity contribution >= 4 is 29.5 Å². The molecule has 1 aromatic heterocycles. The number of aromatic nitrogens is 2. The van der Waals surface area contributed by atoms with Crippen LogP contribution in [0.1, 0.15) is 38.2 Å². The molecule has 2 aliphatic rings. The van der Waals surface area contributed by atoms with Crippen LogP contribution in [0.5, 0.6) is 0 Å². The average Bonchev–Trinajstić information content (AvgIpc) is 3.10. The number of hydrogen-bond acceptors (Lipinski definition) is 7. The Morgan fingerprint density at radius 2 is 1.60 bits per heavy atom. The molecule has 10 heteroatoms. The van der Waals surface area contributed by atoms with Crippen LogP contribution in [0.25, 0.3) is 0 Å². The third kappa shape index (κ3) is 5.94. The van der Waals surface area contributed by atoms with Crippen molar-refractivity contribution in [3.63, 3.8) is 0 Å². The van der Waals surface area contributed by atoms with E-state index < -0.39 is 11.9 Å². The highest BCUT2D eigenvalue weighted by atomic mass is 16.4. The number of carboxylic acid groups (broad SMARTS) is 2. The fraction of sp³-hybridized carbons (Fsp3) is 0.480. The van der Waals surface area contributed by atoms with Crippen LogP contribution in [-0.2, 0) is 19.8 Å². The summed E-state index contributed by atoms with van der Waals surface area (Å²) in [6.07, 6.45) is 7.60. The number of amides is 1. The first-order valence-electron chi connectivity index (χ1n) is 11.9. The maximum Gasteiger partial charge on any atom is 0.414 e. The van der Waals surface area contributed by atoms with E-state index in [1.54, 1.807) is 12.4 Å². The lowest BCUT2D eigenvalue weighted by atomic mass is 9.75. The minimum Gasteiger partial charge on any atom is -0.473 e. The minimum absolute atomic E-state index is 0.262. The summed E-state index contributed by atoms with van der Waals surface area (Å²) in [5, 5.41) is 14.8. The monoisotopic (exact) mass is 483 g/mol. The largest absolute Gasteiger partial charge is 0.473 e. The zero-order valence-electron chi connectivity index (χ0n) is 20.3. The molecule has 0 radical (unpaired) electrons. The summed E-state index contributed by atoms with van der Waals surface area (Å²) in [5.41, 5.74) is 1.96. The van der Waals surface area contributed by atoms with Crippen molar-refractivity contribution in [1.29, 1.82) is 0 Å². The van der Waals surface area contributed by atoms with Gasteiger partial charge in [0.15, 0.2) is 0 Å². The molecule has 188 valence electrons. The van der Waals surface area contributed by atoms with E-state index in [2.05, 4.69) is 44.9 Å². The van der Waals surface area contributed by atoms with Crippen molar-refractivity contribution in [2.45, 2.75) is 38.0 Å². The second-order valence-corrected chi connectivity index (χ2v) is 8.76. The number of carbonyl (C=O) groups is 3. The number of nitrogens with zero attached hydrogens (tertiary/aromatic N) is 5. The van der Waals surface area contributed by atoms with E-state index in [1.165, 1.54) is 5.56 Å². The van der Waals surface area contributed by atoms with Gasteiger partial charge < -0.3 is 20.0 Å². The molecule has 10 nitrogen and oxygen atoms in total. The lowest BCUT2D eigenvalue weighted by molar-refractivity contribution is -0.159. The maximum atomic E-state index is 13.1. The molecule has 2 aliphatic heterocycles. The molecule has 0 aliphatic carbocycles. The topological polar surface area (TPSA) is 127 Å². The molecule has 1 fully saturated rings. The van der Waals surface area contributed by atoms with Gasteiger partial charge in [-0.1, -0.05) is 31.5 Å². The summed E-state index contributed by atoms with van der Waals surface area (Å²) in [6.45, 7) is 7.27. The van der Waals surface area contributed by atoms with Crippen molar-refractivity contribution in [3.8, 4) is 0 Å². The number of carboxylic acids is 2. The van der Waals surface area contributed by atoms with Gasteiger partial charge in [-0.3, -0.25) is 9.69 Å². The Morgan fingerprint density at radius 1 is 0.971 bits per heavy atom. The van der Waals surface area contributed by atoms with E-state index in [1.807, 2.05) is 24.1 Å². The van der Waals surface area contributed by atoms with Crippen molar-refractivity contribution in [1.82, 2.24) is 14.9 Å². The van der Waals surface area contributed by atoms with Crippen LogP contribution in [0.2, 0.25) is 0 Å². The van der Waals surface area contributed by atoms with E-state index in [4.69, 9.17) is 19.8 Å². The Bertz CT molecular complexity index is 1010. The molecule has 2 N–H and O–H groups in total. The molecule has 3 heterocycles. The van der Waals surface area contributed by atoms with Gasteiger partial charge in [0.05, 0.1) is 5.41 Å². The number of para-hydroxylation sites is 1. The number of aliphatic carboxylic acids is 2. The summed E-state index contributed by atoms with van der Waals surface area (Å²) in [5.74, 6) is -2.55. The van der Waals surface area contributed by atoms with Crippen LogP contribution < -0.4 is 9.80 Å². The zero-order valence-corrected chi connectivity index (χ0v) is 20.3. The van der Waals surface area contributed by atoms with Crippen LogP contribution in [0.4, 0.5) is 11.6 Å². The third-order valence-electron chi connectivity index (χ3n) is 6.82. The van der Waals surface area contributed by atoms with Crippen LogP contribution in [0.3, 0.4) is 0 Å². The van der Waals surface area contributed by atoms with Gasteiger partial charge in [-0.05, 0) is 43.5 Å². The summed E-state index contributed by atoms with van der Waals surface area (Å²) in [4.78, 5) is 46.6. The minimum atomic E-state index is -1.82. The van der Waals surface area contributed by atoms with Crippen molar-refractivity contribution < 1.29 is 24.6 Å². The lowest BCUT2D eigenvalue weighted by Gasteiger charge is -2.35. The molecule has 35 heavy (non-hydrogen) atoms. The molecule has 0 spiro atoms. The van der Waals surface area contributed by atoms with E-state index in [0.29, 0.717) is 0 Å². The number of carbonyl (C=O) groups excluding carboxylic acids is 1. The Morgan fingerprint density at radius 3 is 2.20 bits per heavy atom. The van der Waals surface area contributed by atoms with Gasteiger partial charge >= 0.3 is 11.9 Å². The van der Waals surface area contributed by atoms with Gasteiger partial charge in [0, 0.05) is 51.3 Å². The first-order valence-corrected chi connectivity index (χ1v) is 11.9. The molecule has 4 rings (SSSR count). The molecule has 0 saturated carbocycles. The Hall–Kier alpha value is -3.53. The summed E-state index contributed by atoms with van der Waals surface area (Å²) < 4.78 is 0. The number of fused-ring (bicyclic) bond motifs is 1. The Kier molecular flexibility index (Phi) is 8.75. The molecule has 1 amide bonds. The maximum absolute atomic E-state index is 13.1. The highest BCUT2D eigenvalue weighted by molar-refractivity contribution is 6.27. The Labute approximate surface area is 205 Å². The number of anilines is 2. The van der Waals surface area contributed by atoms with Gasteiger partial charge in [-0.2, -0.15) is 0 Å². The van der Waals surface area contributed by atoms with Crippen LogP contribution in [0, 0.1) is 0 Å². The molecular weight excluding hydrogens is 450 g/mol. The van der Waals surface area contributed by atoms with E-state index >= 15 is 0 Å². The highest BCUT2D eigenvalue weighted by Gasteiger charge is 2.47. The zero-order chi connectivity index (χ0) is 25.4. The number of hydrogen-bond donors (Lipinski definition) is 2.